The lowest BCUT2D eigenvalue weighted by Crippen LogP contribution is -2.33. The summed E-state index contributed by atoms with van der Waals surface area (Å²) < 4.78 is 8.31. The van der Waals surface area contributed by atoms with Gasteiger partial charge in [-0.25, -0.2) is 4.98 Å². The van der Waals surface area contributed by atoms with Crippen LogP contribution in [0.3, 0.4) is 0 Å². The van der Waals surface area contributed by atoms with Crippen LogP contribution in [0.5, 0.6) is 5.75 Å². The molecule has 154 valence electrons. The van der Waals surface area contributed by atoms with Gasteiger partial charge in [0.2, 0.25) is 0 Å². The first kappa shape index (κ1) is 20.2. The molecule has 0 N–H and O–H groups in total. The second-order valence-electron chi connectivity index (χ2n) is 8.51. The zero-order chi connectivity index (χ0) is 20.4. The third-order valence-electron chi connectivity index (χ3n) is 5.82. The number of rotatable bonds is 6. The molecule has 0 bridgehead atoms. The van der Waals surface area contributed by atoms with Gasteiger partial charge in [-0.1, -0.05) is 37.6 Å². The number of imidazole rings is 1. The molecule has 0 amide bonds. The third kappa shape index (κ3) is 4.59. The summed E-state index contributed by atoms with van der Waals surface area (Å²) in [4.78, 5) is 7.34. The van der Waals surface area contributed by atoms with Crippen molar-refractivity contribution in [3.05, 3.63) is 58.9 Å². The maximum absolute atomic E-state index is 6.31. The van der Waals surface area contributed by atoms with Crippen LogP contribution in [0.15, 0.2) is 42.5 Å². The Balaban J connectivity index is 1.43. The van der Waals surface area contributed by atoms with Crippen molar-refractivity contribution >= 4 is 22.6 Å². The van der Waals surface area contributed by atoms with Crippen LogP contribution in [0, 0.1) is 5.92 Å². The van der Waals surface area contributed by atoms with E-state index in [9.17, 15) is 0 Å². The first-order chi connectivity index (χ1) is 14.0. The number of para-hydroxylation sites is 2. The van der Waals surface area contributed by atoms with Crippen molar-refractivity contribution in [2.45, 2.75) is 39.2 Å². The molecule has 0 unspecified atom stereocenters. The summed E-state index contributed by atoms with van der Waals surface area (Å²) in [6, 6.07) is 14.4. The summed E-state index contributed by atoms with van der Waals surface area (Å²) in [5, 5.41) is 0.791. The van der Waals surface area contributed by atoms with E-state index in [1.807, 2.05) is 12.1 Å². The Hall–Kier alpha value is -2.04. The quantitative estimate of drug-likeness (QED) is 0.525. The van der Waals surface area contributed by atoms with E-state index in [4.69, 9.17) is 21.3 Å². The van der Waals surface area contributed by atoms with E-state index in [1.54, 1.807) is 0 Å². The first-order valence-electron chi connectivity index (χ1n) is 10.6. The molecular weight excluding hydrogens is 382 g/mol. The molecule has 4 rings (SSSR count). The molecule has 5 heteroatoms. The number of ether oxygens (including phenoxy) is 1. The highest BCUT2D eigenvalue weighted by Gasteiger charge is 2.24. The monoisotopic (exact) mass is 411 g/mol. The Labute approximate surface area is 178 Å². The smallest absolute Gasteiger partial charge is 0.123 e. The standard InChI is InChI=1S/C24H30ClN3O/c1-17(2)16-29-23-9-8-19(25)14-20(23)18-10-12-28(13-11-18)15-24-26-21-6-4-5-7-22(21)27(24)3/h4-9,14,17-18H,10-13,15-16H2,1-3H3. The predicted octanol–water partition coefficient (Wildman–Crippen LogP) is 5.64. The van der Waals surface area contributed by atoms with Crippen molar-refractivity contribution in [3.63, 3.8) is 0 Å². The summed E-state index contributed by atoms with van der Waals surface area (Å²) in [7, 11) is 2.11. The fraction of sp³-hybridized carbons (Fsp3) is 0.458. The van der Waals surface area contributed by atoms with Crippen LogP contribution < -0.4 is 4.74 Å². The van der Waals surface area contributed by atoms with Gasteiger partial charge in [0.25, 0.3) is 0 Å². The number of piperidine rings is 1. The van der Waals surface area contributed by atoms with Crippen molar-refractivity contribution < 1.29 is 4.74 Å². The molecular formula is C24H30ClN3O. The maximum atomic E-state index is 6.31. The molecule has 1 aliphatic rings. The lowest BCUT2D eigenvalue weighted by atomic mass is 9.88. The summed E-state index contributed by atoms with van der Waals surface area (Å²) >= 11 is 6.31. The average Bonchev–Trinajstić information content (AvgIpc) is 3.03. The van der Waals surface area contributed by atoms with Gasteiger partial charge in [-0.3, -0.25) is 4.90 Å². The fourth-order valence-electron chi connectivity index (χ4n) is 4.17. The molecule has 3 aromatic rings. The molecule has 0 aliphatic carbocycles. The molecule has 2 aromatic carbocycles. The summed E-state index contributed by atoms with van der Waals surface area (Å²) in [5.41, 5.74) is 3.54. The van der Waals surface area contributed by atoms with E-state index in [1.165, 1.54) is 11.1 Å². The lowest BCUT2D eigenvalue weighted by molar-refractivity contribution is 0.195. The molecule has 0 radical (unpaired) electrons. The maximum Gasteiger partial charge on any atom is 0.123 e. The van der Waals surface area contributed by atoms with Crippen molar-refractivity contribution in [1.82, 2.24) is 14.5 Å². The lowest BCUT2D eigenvalue weighted by Gasteiger charge is -2.32. The molecule has 1 saturated heterocycles. The van der Waals surface area contributed by atoms with E-state index in [0.29, 0.717) is 11.8 Å². The van der Waals surface area contributed by atoms with Gasteiger partial charge in [-0.15, -0.1) is 0 Å². The molecule has 0 atom stereocenters. The summed E-state index contributed by atoms with van der Waals surface area (Å²) in [6.45, 7) is 8.10. The first-order valence-corrected chi connectivity index (χ1v) is 10.9. The van der Waals surface area contributed by atoms with Gasteiger partial charge in [0.15, 0.2) is 0 Å². The van der Waals surface area contributed by atoms with Crippen LogP contribution >= 0.6 is 11.6 Å². The van der Waals surface area contributed by atoms with E-state index in [0.717, 1.165) is 61.2 Å². The highest BCUT2D eigenvalue weighted by atomic mass is 35.5. The van der Waals surface area contributed by atoms with Gasteiger partial charge in [0, 0.05) is 12.1 Å². The van der Waals surface area contributed by atoms with E-state index in [2.05, 4.69) is 60.7 Å². The van der Waals surface area contributed by atoms with Crippen molar-refractivity contribution in [2.24, 2.45) is 13.0 Å². The molecule has 2 heterocycles. The normalized spacial score (nSPS) is 16.0. The van der Waals surface area contributed by atoms with Gasteiger partial charge < -0.3 is 9.30 Å². The number of benzene rings is 2. The number of halogens is 1. The minimum atomic E-state index is 0.493. The zero-order valence-corrected chi connectivity index (χ0v) is 18.3. The number of likely N-dealkylation sites (tertiary alicyclic amines) is 1. The summed E-state index contributed by atoms with van der Waals surface area (Å²) in [6.07, 6.45) is 2.23. The minimum absolute atomic E-state index is 0.493. The topological polar surface area (TPSA) is 30.3 Å². The second kappa shape index (κ2) is 8.76. The number of hydrogen-bond acceptors (Lipinski definition) is 3. The molecule has 29 heavy (non-hydrogen) atoms. The third-order valence-corrected chi connectivity index (χ3v) is 6.05. The van der Waals surface area contributed by atoms with Crippen LogP contribution in [0.2, 0.25) is 5.02 Å². The molecule has 0 saturated carbocycles. The highest BCUT2D eigenvalue weighted by Crippen LogP contribution is 2.36. The Bertz CT molecular complexity index is 973. The van der Waals surface area contributed by atoms with Crippen molar-refractivity contribution in [1.29, 1.82) is 0 Å². The Kier molecular flexibility index (Phi) is 6.12. The Morgan fingerprint density at radius 3 is 2.62 bits per heavy atom. The molecule has 0 spiro atoms. The van der Waals surface area contributed by atoms with Crippen LogP contribution in [-0.2, 0) is 13.6 Å². The van der Waals surface area contributed by atoms with E-state index < -0.39 is 0 Å². The number of fused-ring (bicyclic) bond motifs is 1. The van der Waals surface area contributed by atoms with Gasteiger partial charge >= 0.3 is 0 Å². The molecule has 1 aromatic heterocycles. The largest absolute Gasteiger partial charge is 0.493 e. The summed E-state index contributed by atoms with van der Waals surface area (Å²) in [5.74, 6) is 3.13. The number of hydrogen-bond donors (Lipinski definition) is 0. The van der Waals surface area contributed by atoms with Crippen LogP contribution in [0.1, 0.15) is 44.0 Å². The second-order valence-corrected chi connectivity index (χ2v) is 8.95. The van der Waals surface area contributed by atoms with Gasteiger partial charge in [0.1, 0.15) is 11.6 Å². The fourth-order valence-corrected chi connectivity index (χ4v) is 4.35. The average molecular weight is 412 g/mol. The number of nitrogens with zero attached hydrogens (tertiary/aromatic N) is 3. The zero-order valence-electron chi connectivity index (χ0n) is 17.6. The number of aryl methyl sites for hydroxylation is 1. The molecule has 1 aliphatic heterocycles. The molecule has 1 fully saturated rings. The van der Waals surface area contributed by atoms with Gasteiger partial charge in [0.05, 0.1) is 24.2 Å². The van der Waals surface area contributed by atoms with Crippen LogP contribution in [0.25, 0.3) is 11.0 Å². The van der Waals surface area contributed by atoms with Crippen LogP contribution in [-0.4, -0.2) is 34.1 Å². The minimum Gasteiger partial charge on any atom is -0.493 e. The molecule has 4 nitrogen and oxygen atoms in total. The predicted molar refractivity (Wildman–Crippen MR) is 120 cm³/mol. The van der Waals surface area contributed by atoms with Gasteiger partial charge in [-0.2, -0.15) is 0 Å². The van der Waals surface area contributed by atoms with E-state index in [-0.39, 0.29) is 0 Å². The van der Waals surface area contributed by atoms with E-state index >= 15 is 0 Å². The van der Waals surface area contributed by atoms with Gasteiger partial charge in [-0.05, 0) is 73.7 Å². The Morgan fingerprint density at radius 1 is 1.14 bits per heavy atom. The SMILES string of the molecule is CC(C)COc1ccc(Cl)cc1C1CCN(Cc2nc3ccccc3n2C)CC1. The van der Waals surface area contributed by atoms with Crippen molar-refractivity contribution in [3.8, 4) is 5.75 Å². The Morgan fingerprint density at radius 2 is 1.90 bits per heavy atom. The van der Waals surface area contributed by atoms with Crippen molar-refractivity contribution in [2.75, 3.05) is 19.7 Å². The van der Waals surface area contributed by atoms with Crippen LogP contribution in [0.4, 0.5) is 0 Å². The highest BCUT2D eigenvalue weighted by molar-refractivity contribution is 6.30. The number of aromatic nitrogens is 2.